The lowest BCUT2D eigenvalue weighted by Gasteiger charge is -2.32. The minimum absolute atomic E-state index is 0.0532. The molecule has 2 amide bonds. The van der Waals surface area contributed by atoms with Crippen molar-refractivity contribution in [1.82, 2.24) is 9.80 Å². The van der Waals surface area contributed by atoms with E-state index >= 15 is 0 Å². The summed E-state index contributed by atoms with van der Waals surface area (Å²) in [6.07, 6.45) is 3.30. The van der Waals surface area contributed by atoms with Crippen LogP contribution in [0.1, 0.15) is 46.0 Å². The third kappa shape index (κ3) is 3.49. The summed E-state index contributed by atoms with van der Waals surface area (Å²) in [5.41, 5.74) is 6.03. The molecule has 4 atom stereocenters. The van der Waals surface area contributed by atoms with Gasteiger partial charge in [0.2, 0.25) is 11.8 Å². The second-order valence-corrected chi connectivity index (χ2v) is 6.63. The number of amides is 2. The van der Waals surface area contributed by atoms with Crippen molar-refractivity contribution in [2.45, 2.75) is 64.1 Å². The van der Waals surface area contributed by atoms with Crippen LogP contribution in [-0.4, -0.2) is 63.9 Å². The lowest BCUT2D eigenvalue weighted by atomic mass is 9.98. The number of carbonyl (C=O) groups excluding carboxylic acids is 2. The van der Waals surface area contributed by atoms with Crippen LogP contribution >= 0.6 is 0 Å². The van der Waals surface area contributed by atoms with Gasteiger partial charge >= 0.3 is 5.97 Å². The molecule has 23 heavy (non-hydrogen) atoms. The Morgan fingerprint density at radius 2 is 1.70 bits per heavy atom. The van der Waals surface area contributed by atoms with E-state index in [2.05, 4.69) is 0 Å². The summed E-state index contributed by atoms with van der Waals surface area (Å²) >= 11 is 0. The molecule has 7 nitrogen and oxygen atoms in total. The van der Waals surface area contributed by atoms with Gasteiger partial charge in [-0.1, -0.05) is 20.3 Å². The summed E-state index contributed by atoms with van der Waals surface area (Å²) in [6.45, 7) is 4.87. The molecule has 3 N–H and O–H groups in total. The van der Waals surface area contributed by atoms with Crippen LogP contribution in [0.5, 0.6) is 0 Å². The number of nitrogens with zero attached hydrogens (tertiary/aromatic N) is 2. The molecule has 0 spiro atoms. The van der Waals surface area contributed by atoms with Gasteiger partial charge in [0, 0.05) is 13.1 Å². The lowest BCUT2D eigenvalue weighted by molar-refractivity contribution is -0.152. The molecule has 0 bridgehead atoms. The van der Waals surface area contributed by atoms with Gasteiger partial charge in [-0.3, -0.25) is 9.59 Å². The molecule has 2 aliphatic heterocycles. The molecule has 2 fully saturated rings. The molecule has 130 valence electrons. The summed E-state index contributed by atoms with van der Waals surface area (Å²) in [6, 6.07) is -1.93. The van der Waals surface area contributed by atoms with Gasteiger partial charge in [-0.05, 0) is 31.6 Å². The molecule has 2 aliphatic rings. The Labute approximate surface area is 136 Å². The van der Waals surface area contributed by atoms with Gasteiger partial charge in [-0.25, -0.2) is 4.79 Å². The standard InChI is InChI=1S/C16H27N3O4/c1-3-10(2)13(17)15(21)18-8-4-6-11(18)14(20)19-9-5-7-12(19)16(22)23/h10-13H,3-9,17H2,1-2H3,(H,22,23)/t10?,11-,12-,13?/m0/s1. The largest absolute Gasteiger partial charge is 0.480 e. The topological polar surface area (TPSA) is 104 Å². The van der Waals surface area contributed by atoms with E-state index in [1.54, 1.807) is 4.90 Å². The summed E-state index contributed by atoms with van der Waals surface area (Å²) in [7, 11) is 0. The van der Waals surface area contributed by atoms with Gasteiger partial charge < -0.3 is 20.6 Å². The number of hydrogen-bond donors (Lipinski definition) is 2. The van der Waals surface area contributed by atoms with Crippen molar-refractivity contribution in [3.8, 4) is 0 Å². The van der Waals surface area contributed by atoms with E-state index in [9.17, 15) is 19.5 Å². The molecule has 0 aromatic rings. The van der Waals surface area contributed by atoms with Crippen molar-refractivity contribution in [2.24, 2.45) is 11.7 Å². The first kappa shape index (κ1) is 17.7. The average Bonchev–Trinajstić information content (AvgIpc) is 3.20. The second kappa shape index (κ2) is 7.29. The quantitative estimate of drug-likeness (QED) is 0.762. The number of nitrogens with two attached hydrogens (primary N) is 1. The monoisotopic (exact) mass is 325 g/mol. The summed E-state index contributed by atoms with van der Waals surface area (Å²) in [4.78, 5) is 39.7. The van der Waals surface area contributed by atoms with Gasteiger partial charge in [0.15, 0.2) is 0 Å². The first-order chi connectivity index (χ1) is 10.9. The average molecular weight is 325 g/mol. The lowest BCUT2D eigenvalue weighted by Crippen LogP contribution is -2.55. The first-order valence-electron chi connectivity index (χ1n) is 8.47. The van der Waals surface area contributed by atoms with Gasteiger partial charge in [0.1, 0.15) is 12.1 Å². The number of aliphatic carboxylic acids is 1. The van der Waals surface area contributed by atoms with Gasteiger partial charge in [-0.15, -0.1) is 0 Å². The van der Waals surface area contributed by atoms with E-state index < -0.39 is 24.1 Å². The van der Waals surface area contributed by atoms with Crippen molar-refractivity contribution in [3.63, 3.8) is 0 Å². The summed E-state index contributed by atoms with van der Waals surface area (Å²) < 4.78 is 0. The minimum atomic E-state index is -0.969. The second-order valence-electron chi connectivity index (χ2n) is 6.63. The van der Waals surface area contributed by atoms with Crippen LogP contribution in [-0.2, 0) is 14.4 Å². The van der Waals surface area contributed by atoms with Crippen LogP contribution in [0.25, 0.3) is 0 Å². The highest BCUT2D eigenvalue weighted by atomic mass is 16.4. The number of carbonyl (C=O) groups is 3. The highest BCUT2D eigenvalue weighted by molar-refractivity contribution is 5.92. The Morgan fingerprint density at radius 3 is 2.26 bits per heavy atom. The zero-order chi connectivity index (χ0) is 17.1. The van der Waals surface area contributed by atoms with E-state index in [4.69, 9.17) is 5.73 Å². The number of carboxylic acid groups (broad SMARTS) is 1. The molecule has 2 heterocycles. The van der Waals surface area contributed by atoms with Crippen molar-refractivity contribution < 1.29 is 19.5 Å². The maximum absolute atomic E-state index is 12.8. The zero-order valence-corrected chi connectivity index (χ0v) is 13.9. The Bertz CT molecular complexity index is 482. The number of likely N-dealkylation sites (tertiary alicyclic amines) is 2. The van der Waals surface area contributed by atoms with E-state index in [1.165, 1.54) is 4.90 Å². The minimum Gasteiger partial charge on any atom is -0.480 e. The molecule has 2 saturated heterocycles. The number of rotatable bonds is 5. The molecular weight excluding hydrogens is 298 g/mol. The maximum atomic E-state index is 12.8. The Kier molecular flexibility index (Phi) is 5.62. The number of carboxylic acids is 1. The van der Waals surface area contributed by atoms with Crippen molar-refractivity contribution in [2.75, 3.05) is 13.1 Å². The van der Waals surface area contributed by atoms with E-state index in [-0.39, 0.29) is 17.7 Å². The van der Waals surface area contributed by atoms with Crippen LogP contribution in [0.4, 0.5) is 0 Å². The highest BCUT2D eigenvalue weighted by Gasteiger charge is 2.43. The Morgan fingerprint density at radius 1 is 1.13 bits per heavy atom. The normalized spacial score (nSPS) is 27.1. The van der Waals surface area contributed by atoms with Crippen molar-refractivity contribution in [1.29, 1.82) is 0 Å². The fourth-order valence-electron chi connectivity index (χ4n) is 3.45. The predicted octanol–water partition coefficient (Wildman–Crippen LogP) is 0.426. The first-order valence-corrected chi connectivity index (χ1v) is 8.47. The molecule has 2 rings (SSSR count). The van der Waals surface area contributed by atoms with E-state index in [1.807, 2.05) is 13.8 Å². The van der Waals surface area contributed by atoms with Crippen LogP contribution in [0.2, 0.25) is 0 Å². The number of hydrogen-bond acceptors (Lipinski definition) is 4. The molecule has 0 radical (unpaired) electrons. The molecule has 0 aromatic carbocycles. The van der Waals surface area contributed by atoms with E-state index in [0.29, 0.717) is 32.4 Å². The molecule has 2 unspecified atom stereocenters. The molecule has 7 heteroatoms. The molecular formula is C16H27N3O4. The fraction of sp³-hybridized carbons (Fsp3) is 0.812. The fourth-order valence-corrected chi connectivity index (χ4v) is 3.45. The zero-order valence-electron chi connectivity index (χ0n) is 13.9. The molecule has 0 saturated carbocycles. The van der Waals surface area contributed by atoms with Gasteiger partial charge in [-0.2, -0.15) is 0 Å². The maximum Gasteiger partial charge on any atom is 0.326 e. The highest BCUT2D eigenvalue weighted by Crippen LogP contribution is 2.26. The van der Waals surface area contributed by atoms with Crippen LogP contribution in [0.3, 0.4) is 0 Å². The van der Waals surface area contributed by atoms with Gasteiger partial charge in [0.25, 0.3) is 0 Å². The van der Waals surface area contributed by atoms with Crippen LogP contribution < -0.4 is 5.73 Å². The van der Waals surface area contributed by atoms with Crippen molar-refractivity contribution in [3.05, 3.63) is 0 Å². The third-order valence-corrected chi connectivity index (χ3v) is 5.18. The summed E-state index contributed by atoms with van der Waals surface area (Å²) in [5, 5.41) is 9.25. The summed E-state index contributed by atoms with van der Waals surface area (Å²) in [5.74, 6) is -1.35. The molecule has 0 aliphatic carbocycles. The van der Waals surface area contributed by atoms with Crippen molar-refractivity contribution >= 4 is 17.8 Å². The Hall–Kier alpha value is -1.63. The predicted molar refractivity (Wildman–Crippen MR) is 84.5 cm³/mol. The third-order valence-electron chi connectivity index (χ3n) is 5.18. The smallest absolute Gasteiger partial charge is 0.326 e. The van der Waals surface area contributed by atoms with Crippen LogP contribution in [0.15, 0.2) is 0 Å². The van der Waals surface area contributed by atoms with Crippen LogP contribution in [0, 0.1) is 5.92 Å². The Balaban J connectivity index is 2.10. The van der Waals surface area contributed by atoms with E-state index in [0.717, 1.165) is 12.8 Å². The van der Waals surface area contributed by atoms with Gasteiger partial charge in [0.05, 0.1) is 6.04 Å². The SMILES string of the molecule is CCC(C)C(N)C(=O)N1CCC[C@H]1C(=O)N1CCC[C@H]1C(=O)O. The molecule has 0 aromatic heterocycles.